The van der Waals surface area contributed by atoms with Gasteiger partial charge in [0.25, 0.3) is 0 Å². The number of halogens is 1. The zero-order valence-electron chi connectivity index (χ0n) is 6.12. The van der Waals surface area contributed by atoms with Gasteiger partial charge in [-0.25, -0.2) is 4.98 Å². The van der Waals surface area contributed by atoms with Gasteiger partial charge in [-0.1, -0.05) is 35.9 Å². The zero-order chi connectivity index (χ0) is 8.39. The topological polar surface area (TPSA) is 12.9 Å². The van der Waals surface area contributed by atoms with Crippen molar-refractivity contribution in [1.82, 2.24) is 4.98 Å². The average Bonchev–Trinajstić information content (AvgIpc) is 2.54. The Morgan fingerprint density at radius 3 is 2.67 bits per heavy atom. The molecule has 1 nitrogen and oxygen atoms in total. The van der Waals surface area contributed by atoms with E-state index < -0.39 is 0 Å². The third kappa shape index (κ3) is 1.49. The van der Waals surface area contributed by atoms with E-state index >= 15 is 0 Å². The van der Waals surface area contributed by atoms with E-state index in [2.05, 4.69) is 11.1 Å². The summed E-state index contributed by atoms with van der Waals surface area (Å²) in [4.78, 5) is 4.16. The van der Waals surface area contributed by atoms with E-state index in [1.54, 1.807) is 6.20 Å². The largest absolute Gasteiger partial charge is 0.243 e. The van der Waals surface area contributed by atoms with Crippen molar-refractivity contribution in [2.45, 2.75) is 0 Å². The number of benzene rings is 1. The van der Waals surface area contributed by atoms with Gasteiger partial charge in [-0.15, -0.1) is 11.3 Å². The fourth-order valence-corrected chi connectivity index (χ4v) is 1.83. The second kappa shape index (κ2) is 3.25. The summed E-state index contributed by atoms with van der Waals surface area (Å²) in [6.45, 7) is 0. The van der Waals surface area contributed by atoms with E-state index in [0.717, 1.165) is 14.9 Å². The van der Waals surface area contributed by atoms with Crippen LogP contribution in [0.25, 0.3) is 10.6 Å². The highest BCUT2D eigenvalue weighted by Crippen LogP contribution is 2.27. The van der Waals surface area contributed by atoms with Crippen molar-refractivity contribution in [3.63, 3.8) is 0 Å². The van der Waals surface area contributed by atoms with Crippen LogP contribution in [0.3, 0.4) is 0 Å². The van der Waals surface area contributed by atoms with E-state index in [4.69, 9.17) is 11.6 Å². The van der Waals surface area contributed by atoms with E-state index in [0.29, 0.717) is 0 Å². The van der Waals surface area contributed by atoms with Gasteiger partial charge >= 0.3 is 0 Å². The summed E-state index contributed by atoms with van der Waals surface area (Å²) in [5, 5.41) is 0.953. The molecule has 0 N–H and O–H groups in total. The van der Waals surface area contributed by atoms with Crippen LogP contribution in [-0.2, 0) is 0 Å². The fourth-order valence-electron chi connectivity index (χ4n) is 0.917. The number of thiazole rings is 1. The zero-order valence-corrected chi connectivity index (χ0v) is 7.69. The van der Waals surface area contributed by atoms with Crippen molar-refractivity contribution in [2.75, 3.05) is 0 Å². The predicted octanol–water partition coefficient (Wildman–Crippen LogP) is 3.26. The first-order valence-corrected chi connectivity index (χ1v) is 4.63. The van der Waals surface area contributed by atoms with E-state index in [1.807, 2.05) is 24.3 Å². The summed E-state index contributed by atoms with van der Waals surface area (Å²) in [6.07, 6.45) is 1.66. The number of rotatable bonds is 1. The minimum absolute atomic E-state index is 0.720. The molecule has 0 unspecified atom stereocenters. The summed E-state index contributed by atoms with van der Waals surface area (Å²) in [5.74, 6) is 0. The highest BCUT2D eigenvalue weighted by Gasteiger charge is 2.00. The summed E-state index contributed by atoms with van der Waals surface area (Å²) in [5.41, 5.74) is 1.09. The van der Waals surface area contributed by atoms with Crippen molar-refractivity contribution in [2.24, 2.45) is 0 Å². The van der Waals surface area contributed by atoms with Crippen LogP contribution in [-0.4, -0.2) is 4.98 Å². The Labute approximate surface area is 79.7 Å². The minimum atomic E-state index is 0.720. The van der Waals surface area contributed by atoms with Crippen LogP contribution in [0, 0.1) is 6.07 Å². The molecule has 12 heavy (non-hydrogen) atoms. The third-order valence-corrected chi connectivity index (χ3v) is 2.61. The number of aromatic nitrogens is 1. The van der Waals surface area contributed by atoms with Crippen LogP contribution in [0.4, 0.5) is 0 Å². The molecule has 0 spiro atoms. The first kappa shape index (κ1) is 7.77. The van der Waals surface area contributed by atoms with Crippen LogP contribution in [0.2, 0.25) is 4.34 Å². The lowest BCUT2D eigenvalue weighted by atomic mass is 10.2. The van der Waals surface area contributed by atoms with Crippen molar-refractivity contribution >= 4 is 22.9 Å². The molecule has 1 aromatic carbocycles. The first-order valence-electron chi connectivity index (χ1n) is 3.44. The van der Waals surface area contributed by atoms with Crippen LogP contribution < -0.4 is 0 Å². The molecule has 0 saturated carbocycles. The van der Waals surface area contributed by atoms with Gasteiger partial charge < -0.3 is 0 Å². The van der Waals surface area contributed by atoms with E-state index in [-0.39, 0.29) is 0 Å². The third-order valence-electron chi connectivity index (χ3n) is 1.44. The highest BCUT2D eigenvalue weighted by molar-refractivity contribution is 7.18. The Balaban J connectivity index is 2.45. The lowest BCUT2D eigenvalue weighted by molar-refractivity contribution is 1.41. The van der Waals surface area contributed by atoms with Gasteiger partial charge in [0, 0.05) is 5.56 Å². The van der Waals surface area contributed by atoms with E-state index in [1.165, 1.54) is 11.3 Å². The summed E-state index contributed by atoms with van der Waals surface area (Å²) >= 11 is 7.24. The molecule has 0 amide bonds. The Hall–Kier alpha value is -0.860. The predicted molar refractivity (Wildman–Crippen MR) is 51.4 cm³/mol. The monoisotopic (exact) mass is 194 g/mol. The Morgan fingerprint density at radius 2 is 2.08 bits per heavy atom. The molecule has 0 saturated heterocycles. The van der Waals surface area contributed by atoms with Crippen LogP contribution in [0.5, 0.6) is 0 Å². The van der Waals surface area contributed by atoms with Gasteiger partial charge in [0.05, 0.1) is 6.20 Å². The second-order valence-electron chi connectivity index (χ2n) is 2.26. The lowest BCUT2D eigenvalue weighted by Crippen LogP contribution is -1.71. The summed E-state index contributed by atoms with van der Waals surface area (Å²) in [6, 6.07) is 10.6. The Bertz CT molecular complexity index is 369. The maximum Gasteiger partial charge on any atom is 0.124 e. The SMILES string of the molecule is Clc1cnc(-c2cc[c]cc2)s1. The van der Waals surface area contributed by atoms with Gasteiger partial charge in [0.15, 0.2) is 0 Å². The molecule has 0 aliphatic rings. The van der Waals surface area contributed by atoms with Crippen molar-refractivity contribution in [3.8, 4) is 10.6 Å². The molecule has 1 aromatic heterocycles. The lowest BCUT2D eigenvalue weighted by Gasteiger charge is -1.91. The molecule has 0 aliphatic carbocycles. The molecule has 1 radical (unpaired) electrons. The van der Waals surface area contributed by atoms with Gasteiger partial charge in [-0.05, 0) is 6.07 Å². The number of nitrogens with zero attached hydrogens (tertiary/aromatic N) is 1. The molecule has 0 aliphatic heterocycles. The molecular weight excluding hydrogens is 190 g/mol. The first-order chi connectivity index (χ1) is 5.86. The van der Waals surface area contributed by atoms with E-state index in [9.17, 15) is 0 Å². The van der Waals surface area contributed by atoms with Gasteiger partial charge in [0.2, 0.25) is 0 Å². The van der Waals surface area contributed by atoms with Crippen molar-refractivity contribution in [3.05, 3.63) is 40.9 Å². The molecule has 0 bridgehead atoms. The maximum atomic E-state index is 5.76. The molecule has 2 rings (SSSR count). The van der Waals surface area contributed by atoms with Gasteiger partial charge in [-0.2, -0.15) is 0 Å². The van der Waals surface area contributed by atoms with Crippen molar-refractivity contribution < 1.29 is 0 Å². The normalized spacial score (nSPS) is 10.1. The molecule has 0 fully saturated rings. The standard InChI is InChI=1S/C9H5ClNS/c10-8-6-11-9(12-8)7-4-2-1-3-5-7/h2-6H. The molecular formula is C9H5ClNS. The van der Waals surface area contributed by atoms with Gasteiger partial charge in [-0.3, -0.25) is 0 Å². The highest BCUT2D eigenvalue weighted by atomic mass is 35.5. The molecule has 3 heteroatoms. The number of hydrogen-bond acceptors (Lipinski definition) is 2. The van der Waals surface area contributed by atoms with Crippen LogP contribution in [0.15, 0.2) is 30.5 Å². The Morgan fingerprint density at radius 1 is 1.33 bits per heavy atom. The number of hydrogen-bond donors (Lipinski definition) is 0. The second-order valence-corrected chi connectivity index (χ2v) is 3.92. The summed E-state index contributed by atoms with van der Waals surface area (Å²) < 4.78 is 0.720. The van der Waals surface area contributed by atoms with Crippen molar-refractivity contribution in [1.29, 1.82) is 0 Å². The molecule has 2 aromatic rings. The quantitative estimate of drug-likeness (QED) is 0.679. The van der Waals surface area contributed by atoms with Crippen LogP contribution >= 0.6 is 22.9 Å². The fraction of sp³-hybridized carbons (Fsp3) is 0. The summed E-state index contributed by atoms with van der Waals surface area (Å²) in [7, 11) is 0. The molecule has 1 heterocycles. The molecule has 0 atom stereocenters. The Kier molecular flexibility index (Phi) is 2.11. The smallest absolute Gasteiger partial charge is 0.124 e. The average molecular weight is 195 g/mol. The van der Waals surface area contributed by atoms with Gasteiger partial charge in [0.1, 0.15) is 9.34 Å². The minimum Gasteiger partial charge on any atom is -0.243 e. The molecule has 59 valence electrons. The van der Waals surface area contributed by atoms with Crippen LogP contribution in [0.1, 0.15) is 0 Å². The maximum absolute atomic E-state index is 5.76.